The zero-order valence-electron chi connectivity index (χ0n) is 7.13. The zero-order chi connectivity index (χ0) is 8.97. The Kier molecular flexibility index (Phi) is 4.21. The first kappa shape index (κ1) is 10.2. The molecule has 1 aromatic rings. The zero-order valence-corrected chi connectivity index (χ0v) is 9.54. The summed E-state index contributed by atoms with van der Waals surface area (Å²) >= 11 is 5.13. The molecular formula is C8H12BrNOS. The normalized spacial score (nSPS) is 13.2. The molecule has 0 spiro atoms. The summed E-state index contributed by atoms with van der Waals surface area (Å²) in [7, 11) is 3.66. The lowest BCUT2D eigenvalue weighted by atomic mass is 10.3. The number of rotatable bonds is 4. The van der Waals surface area contributed by atoms with Gasteiger partial charge in [0, 0.05) is 28.4 Å². The molecule has 1 N–H and O–H groups in total. The first-order chi connectivity index (χ1) is 5.77. The average Bonchev–Trinajstić information content (AvgIpc) is 2.47. The maximum absolute atomic E-state index is 5.32. The Bertz CT molecular complexity index is 239. The quantitative estimate of drug-likeness (QED) is 0.886. The van der Waals surface area contributed by atoms with E-state index in [-0.39, 0.29) is 6.10 Å². The third-order valence-corrected chi connectivity index (χ3v) is 3.36. The van der Waals surface area contributed by atoms with E-state index in [0.717, 1.165) is 11.0 Å². The third-order valence-electron chi connectivity index (χ3n) is 1.58. The van der Waals surface area contributed by atoms with E-state index < -0.39 is 0 Å². The molecule has 0 radical (unpaired) electrons. The molecule has 0 amide bonds. The molecule has 1 heterocycles. The molecule has 1 atom stereocenters. The topological polar surface area (TPSA) is 21.3 Å². The fourth-order valence-electron chi connectivity index (χ4n) is 0.983. The van der Waals surface area contributed by atoms with Crippen molar-refractivity contribution in [1.82, 2.24) is 5.32 Å². The smallest absolute Gasteiger partial charge is 0.104 e. The molecule has 2 nitrogen and oxygen atoms in total. The van der Waals surface area contributed by atoms with Crippen LogP contribution in [0.3, 0.4) is 0 Å². The second-order valence-corrected chi connectivity index (χ2v) is 4.31. The molecule has 0 saturated carbocycles. The number of halogens is 1. The molecular weight excluding hydrogens is 238 g/mol. The second kappa shape index (κ2) is 4.97. The number of nitrogens with one attached hydrogen (secondary N) is 1. The van der Waals surface area contributed by atoms with Crippen LogP contribution in [-0.2, 0) is 4.74 Å². The second-order valence-electron chi connectivity index (χ2n) is 2.45. The standard InChI is InChI=1S/C8H12BrNOS/c1-10-4-7(11-2)8-3-6(9)5-12-8/h3,5,7,10H,4H2,1-2H3. The summed E-state index contributed by atoms with van der Waals surface area (Å²) in [4.78, 5) is 1.25. The number of likely N-dealkylation sites (N-methyl/N-ethyl adjacent to an activating group) is 1. The lowest BCUT2D eigenvalue weighted by Crippen LogP contribution is -2.17. The van der Waals surface area contributed by atoms with Crippen molar-refractivity contribution < 1.29 is 4.74 Å². The summed E-state index contributed by atoms with van der Waals surface area (Å²) in [5, 5.41) is 5.16. The van der Waals surface area contributed by atoms with Gasteiger partial charge in [-0.05, 0) is 29.0 Å². The van der Waals surface area contributed by atoms with Gasteiger partial charge in [0.1, 0.15) is 6.10 Å². The molecule has 0 aromatic carbocycles. The minimum absolute atomic E-state index is 0.172. The van der Waals surface area contributed by atoms with E-state index >= 15 is 0 Å². The van der Waals surface area contributed by atoms with E-state index in [0.29, 0.717) is 0 Å². The van der Waals surface area contributed by atoms with E-state index in [4.69, 9.17) is 4.74 Å². The van der Waals surface area contributed by atoms with E-state index in [1.54, 1.807) is 18.4 Å². The largest absolute Gasteiger partial charge is 0.375 e. The van der Waals surface area contributed by atoms with Gasteiger partial charge in [-0.25, -0.2) is 0 Å². The van der Waals surface area contributed by atoms with Crippen molar-refractivity contribution in [3.05, 3.63) is 20.8 Å². The maximum Gasteiger partial charge on any atom is 0.104 e. The van der Waals surface area contributed by atoms with Crippen molar-refractivity contribution >= 4 is 27.3 Å². The summed E-state index contributed by atoms with van der Waals surface area (Å²) in [6.45, 7) is 0.851. The summed E-state index contributed by atoms with van der Waals surface area (Å²) in [6.07, 6.45) is 0.172. The van der Waals surface area contributed by atoms with E-state index in [2.05, 4.69) is 32.7 Å². The Labute approximate surface area is 85.1 Å². The summed E-state index contributed by atoms with van der Waals surface area (Å²) < 4.78 is 6.44. The number of methoxy groups -OCH3 is 1. The van der Waals surface area contributed by atoms with Gasteiger partial charge in [0.15, 0.2) is 0 Å². The van der Waals surface area contributed by atoms with Gasteiger partial charge in [-0.3, -0.25) is 0 Å². The molecule has 68 valence electrons. The minimum atomic E-state index is 0.172. The van der Waals surface area contributed by atoms with Crippen LogP contribution in [0.15, 0.2) is 15.9 Å². The van der Waals surface area contributed by atoms with Crippen LogP contribution >= 0.6 is 27.3 Å². The Hall–Kier alpha value is 0.1000. The SMILES string of the molecule is CNCC(OC)c1cc(Br)cs1. The highest BCUT2D eigenvalue weighted by molar-refractivity contribution is 9.10. The summed E-state index contributed by atoms with van der Waals surface area (Å²) in [5.74, 6) is 0. The third kappa shape index (κ3) is 2.55. The highest BCUT2D eigenvalue weighted by Crippen LogP contribution is 2.26. The Morgan fingerprint density at radius 3 is 2.92 bits per heavy atom. The van der Waals surface area contributed by atoms with E-state index in [1.165, 1.54) is 4.88 Å². The maximum atomic E-state index is 5.32. The van der Waals surface area contributed by atoms with Gasteiger partial charge < -0.3 is 10.1 Å². The molecule has 4 heteroatoms. The van der Waals surface area contributed by atoms with Crippen LogP contribution < -0.4 is 5.32 Å². The van der Waals surface area contributed by atoms with Crippen LogP contribution in [0.4, 0.5) is 0 Å². The van der Waals surface area contributed by atoms with Gasteiger partial charge in [-0.1, -0.05) is 0 Å². The van der Waals surface area contributed by atoms with Gasteiger partial charge in [0.2, 0.25) is 0 Å². The fourth-order valence-corrected chi connectivity index (χ4v) is 2.50. The molecule has 1 rings (SSSR count). The van der Waals surface area contributed by atoms with E-state index in [1.807, 2.05) is 7.05 Å². The number of ether oxygens (including phenoxy) is 1. The number of hydrogen-bond acceptors (Lipinski definition) is 3. The minimum Gasteiger partial charge on any atom is -0.375 e. The fraction of sp³-hybridized carbons (Fsp3) is 0.500. The van der Waals surface area contributed by atoms with Crippen molar-refractivity contribution in [2.45, 2.75) is 6.10 Å². The molecule has 0 aliphatic heterocycles. The molecule has 1 aromatic heterocycles. The first-order valence-corrected chi connectivity index (χ1v) is 5.36. The predicted octanol–water partition coefficient (Wildman–Crippen LogP) is 2.42. The Balaban J connectivity index is 2.66. The highest BCUT2D eigenvalue weighted by atomic mass is 79.9. The molecule has 0 fully saturated rings. The van der Waals surface area contributed by atoms with Gasteiger partial charge in [-0.2, -0.15) is 0 Å². The van der Waals surface area contributed by atoms with Gasteiger partial charge in [0.25, 0.3) is 0 Å². The van der Waals surface area contributed by atoms with Crippen molar-refractivity contribution in [2.24, 2.45) is 0 Å². The van der Waals surface area contributed by atoms with Crippen LogP contribution in [-0.4, -0.2) is 20.7 Å². The van der Waals surface area contributed by atoms with E-state index in [9.17, 15) is 0 Å². The molecule has 0 saturated heterocycles. The van der Waals surface area contributed by atoms with Crippen molar-refractivity contribution in [1.29, 1.82) is 0 Å². The van der Waals surface area contributed by atoms with Crippen LogP contribution in [0.2, 0.25) is 0 Å². The van der Waals surface area contributed by atoms with Gasteiger partial charge >= 0.3 is 0 Å². The monoisotopic (exact) mass is 249 g/mol. The molecule has 1 unspecified atom stereocenters. The molecule has 0 aliphatic rings. The van der Waals surface area contributed by atoms with Crippen LogP contribution in [0.25, 0.3) is 0 Å². The average molecular weight is 250 g/mol. The van der Waals surface area contributed by atoms with Gasteiger partial charge in [0.05, 0.1) is 0 Å². The number of thiophene rings is 1. The van der Waals surface area contributed by atoms with Crippen molar-refractivity contribution in [2.75, 3.05) is 20.7 Å². The Morgan fingerprint density at radius 2 is 2.50 bits per heavy atom. The molecule has 12 heavy (non-hydrogen) atoms. The summed E-state index contributed by atoms with van der Waals surface area (Å²) in [5.41, 5.74) is 0. The molecule has 0 aliphatic carbocycles. The first-order valence-electron chi connectivity index (χ1n) is 3.69. The summed E-state index contributed by atoms with van der Waals surface area (Å²) in [6, 6.07) is 2.09. The lowest BCUT2D eigenvalue weighted by molar-refractivity contribution is 0.107. The van der Waals surface area contributed by atoms with Crippen LogP contribution in [0.1, 0.15) is 11.0 Å². The Morgan fingerprint density at radius 1 is 1.75 bits per heavy atom. The van der Waals surface area contributed by atoms with Gasteiger partial charge in [-0.15, -0.1) is 11.3 Å². The van der Waals surface area contributed by atoms with Crippen molar-refractivity contribution in [3.63, 3.8) is 0 Å². The lowest BCUT2D eigenvalue weighted by Gasteiger charge is -2.11. The predicted molar refractivity (Wildman–Crippen MR) is 55.7 cm³/mol. The number of hydrogen-bond donors (Lipinski definition) is 1. The molecule has 0 bridgehead atoms. The van der Waals surface area contributed by atoms with Crippen LogP contribution in [0.5, 0.6) is 0 Å². The highest BCUT2D eigenvalue weighted by Gasteiger charge is 2.10. The van der Waals surface area contributed by atoms with Crippen LogP contribution in [0, 0.1) is 0 Å². The van der Waals surface area contributed by atoms with Crippen molar-refractivity contribution in [3.8, 4) is 0 Å².